The Morgan fingerprint density at radius 2 is 1.71 bits per heavy atom. The molecule has 2 heterocycles. The van der Waals surface area contributed by atoms with Crippen LogP contribution < -0.4 is 0 Å². The first-order valence-corrected chi connectivity index (χ1v) is 11.9. The Morgan fingerprint density at radius 3 is 2.39 bits per heavy atom. The lowest BCUT2D eigenvalue weighted by atomic mass is 9.91. The average molecular weight is 546 g/mol. The van der Waals surface area contributed by atoms with E-state index in [1.165, 1.54) is 71.5 Å². The van der Waals surface area contributed by atoms with Gasteiger partial charge in [0.2, 0.25) is 5.60 Å². The number of rotatable bonds is 6. The van der Waals surface area contributed by atoms with Crippen molar-refractivity contribution in [3.05, 3.63) is 95.0 Å². The molecule has 0 spiro atoms. The van der Waals surface area contributed by atoms with E-state index >= 15 is 0 Å². The van der Waals surface area contributed by atoms with Crippen LogP contribution in [0, 0.1) is 5.82 Å². The third kappa shape index (κ3) is 4.39. The Balaban J connectivity index is 1.63. The first-order valence-electron chi connectivity index (χ1n) is 11.5. The summed E-state index contributed by atoms with van der Waals surface area (Å²) in [5, 5.41) is 16.6. The van der Waals surface area contributed by atoms with Gasteiger partial charge in [-0.2, -0.15) is 18.3 Å². The van der Waals surface area contributed by atoms with Gasteiger partial charge < -0.3 is 14.4 Å². The zero-order valence-corrected chi connectivity index (χ0v) is 20.6. The van der Waals surface area contributed by atoms with E-state index in [4.69, 9.17) is 16.3 Å². The maximum absolute atomic E-state index is 14.6. The second-order valence-electron chi connectivity index (χ2n) is 8.70. The molecule has 5 rings (SSSR count). The zero-order chi connectivity index (χ0) is 27.2. The van der Waals surface area contributed by atoms with E-state index in [1.54, 1.807) is 6.92 Å². The van der Waals surface area contributed by atoms with Crippen LogP contribution in [-0.2, 0) is 16.9 Å². The maximum atomic E-state index is 14.6. The summed E-state index contributed by atoms with van der Waals surface area (Å²) < 4.78 is 64.7. The first kappa shape index (κ1) is 25.7. The largest absolute Gasteiger partial charge is 0.461 e. The number of esters is 1. The van der Waals surface area contributed by atoms with Gasteiger partial charge in [-0.05, 0) is 73.2 Å². The summed E-state index contributed by atoms with van der Waals surface area (Å²) in [4.78, 5) is 12.7. The minimum atomic E-state index is -5.12. The number of hydrogen-bond donors (Lipinski definition) is 1. The summed E-state index contributed by atoms with van der Waals surface area (Å²) in [6, 6.07) is 15.1. The van der Waals surface area contributed by atoms with Crippen molar-refractivity contribution in [2.75, 3.05) is 6.61 Å². The SMILES string of the molecule is CCOC(=O)c1cc2cc(Cl)ccc2n1CC(O)(c1ccc2c(cnn2-c2ccc(F)cc2)c1)C(F)(F)F. The van der Waals surface area contributed by atoms with Gasteiger partial charge in [-0.3, -0.25) is 0 Å². The van der Waals surface area contributed by atoms with Gasteiger partial charge in [-0.1, -0.05) is 17.7 Å². The molecule has 2 aromatic heterocycles. The topological polar surface area (TPSA) is 69.3 Å². The van der Waals surface area contributed by atoms with Gasteiger partial charge in [0.15, 0.2) is 0 Å². The highest BCUT2D eigenvalue weighted by atomic mass is 35.5. The number of nitrogens with zero attached hydrogens (tertiary/aromatic N) is 3. The van der Waals surface area contributed by atoms with Crippen molar-refractivity contribution < 1.29 is 32.2 Å². The fourth-order valence-electron chi connectivity index (χ4n) is 4.44. The number of ether oxygens (including phenoxy) is 1. The molecule has 38 heavy (non-hydrogen) atoms. The minimum absolute atomic E-state index is 0.0133. The fraction of sp³-hybridized carbons (Fsp3) is 0.185. The van der Waals surface area contributed by atoms with E-state index in [0.717, 1.165) is 10.6 Å². The predicted octanol–water partition coefficient (Wildman–Crippen LogP) is 6.40. The summed E-state index contributed by atoms with van der Waals surface area (Å²) in [6.45, 7) is 0.571. The van der Waals surface area contributed by atoms with E-state index in [1.807, 2.05) is 0 Å². The normalized spacial score (nSPS) is 13.7. The van der Waals surface area contributed by atoms with Crippen LogP contribution in [0.2, 0.25) is 5.02 Å². The molecule has 0 aliphatic rings. The third-order valence-corrected chi connectivity index (χ3v) is 6.56. The van der Waals surface area contributed by atoms with Crippen molar-refractivity contribution in [3.8, 4) is 5.69 Å². The molecule has 0 radical (unpaired) electrons. The van der Waals surface area contributed by atoms with Crippen molar-refractivity contribution in [1.82, 2.24) is 14.3 Å². The molecule has 0 aliphatic carbocycles. The van der Waals surface area contributed by atoms with Gasteiger partial charge in [-0.25, -0.2) is 13.9 Å². The van der Waals surface area contributed by atoms with Gasteiger partial charge in [0, 0.05) is 21.3 Å². The predicted molar refractivity (Wildman–Crippen MR) is 134 cm³/mol. The zero-order valence-electron chi connectivity index (χ0n) is 19.8. The van der Waals surface area contributed by atoms with Crippen molar-refractivity contribution >= 4 is 39.4 Å². The first-order chi connectivity index (χ1) is 18.0. The lowest BCUT2D eigenvalue weighted by Gasteiger charge is -2.32. The maximum Gasteiger partial charge on any atom is 0.423 e. The molecule has 0 saturated carbocycles. The van der Waals surface area contributed by atoms with Crippen molar-refractivity contribution in [2.45, 2.75) is 25.2 Å². The summed E-state index contributed by atoms with van der Waals surface area (Å²) in [7, 11) is 0. The van der Waals surface area contributed by atoms with Crippen LogP contribution in [0.15, 0.2) is 72.9 Å². The Morgan fingerprint density at radius 1 is 1.00 bits per heavy atom. The van der Waals surface area contributed by atoms with Crippen molar-refractivity contribution in [3.63, 3.8) is 0 Å². The Bertz CT molecular complexity index is 1660. The van der Waals surface area contributed by atoms with Gasteiger partial charge >= 0.3 is 12.1 Å². The highest BCUT2D eigenvalue weighted by Gasteiger charge is 2.55. The Labute approximate surface area is 218 Å². The van der Waals surface area contributed by atoms with Crippen LogP contribution in [0.4, 0.5) is 17.6 Å². The molecule has 0 bridgehead atoms. The van der Waals surface area contributed by atoms with Gasteiger partial charge in [-0.15, -0.1) is 0 Å². The summed E-state index contributed by atoms with van der Waals surface area (Å²) in [6.07, 6.45) is -3.77. The van der Waals surface area contributed by atoms with E-state index in [9.17, 15) is 27.5 Å². The molecule has 1 N–H and O–H groups in total. The molecule has 3 aromatic carbocycles. The smallest absolute Gasteiger partial charge is 0.423 e. The van der Waals surface area contributed by atoms with Crippen LogP contribution in [0.3, 0.4) is 0 Å². The highest BCUT2D eigenvalue weighted by Crippen LogP contribution is 2.42. The summed E-state index contributed by atoms with van der Waals surface area (Å²) in [5.41, 5.74) is -2.74. The van der Waals surface area contributed by atoms with E-state index < -0.39 is 35.7 Å². The van der Waals surface area contributed by atoms with E-state index in [0.29, 0.717) is 27.0 Å². The van der Waals surface area contributed by atoms with Crippen molar-refractivity contribution in [1.29, 1.82) is 0 Å². The Kier molecular flexibility index (Phi) is 6.40. The van der Waals surface area contributed by atoms with Crippen molar-refractivity contribution in [2.24, 2.45) is 0 Å². The molecular weight excluding hydrogens is 526 g/mol. The number of halogens is 5. The van der Waals surface area contributed by atoms with Gasteiger partial charge in [0.05, 0.1) is 30.6 Å². The molecule has 196 valence electrons. The number of hydrogen-bond acceptors (Lipinski definition) is 4. The summed E-state index contributed by atoms with van der Waals surface area (Å²) >= 11 is 6.05. The number of alkyl halides is 3. The number of benzene rings is 3. The van der Waals surface area contributed by atoms with Crippen LogP contribution in [-0.4, -0.2) is 38.2 Å². The number of aliphatic hydroxyl groups is 1. The standard InChI is InChI=1S/C27H20ClF4N3O3/c1-2-38-25(36)24-13-16-12-19(28)4-10-22(16)34(24)15-26(37,27(30,31)32)18-3-9-23-17(11-18)14-33-35(23)21-7-5-20(29)6-8-21/h3-14,37H,2,15H2,1H3. The molecule has 6 nitrogen and oxygen atoms in total. The molecule has 1 unspecified atom stereocenters. The molecular formula is C27H20ClF4N3O3. The monoisotopic (exact) mass is 545 g/mol. The fourth-order valence-corrected chi connectivity index (χ4v) is 4.62. The Hall–Kier alpha value is -3.89. The lowest BCUT2D eigenvalue weighted by Crippen LogP contribution is -2.46. The van der Waals surface area contributed by atoms with Crippen LogP contribution in [0.25, 0.3) is 27.5 Å². The highest BCUT2D eigenvalue weighted by molar-refractivity contribution is 6.31. The molecule has 5 aromatic rings. The second kappa shape index (κ2) is 9.45. The third-order valence-electron chi connectivity index (χ3n) is 6.32. The molecule has 0 aliphatic heterocycles. The molecule has 0 saturated heterocycles. The van der Waals surface area contributed by atoms with E-state index in [2.05, 4.69) is 5.10 Å². The number of carbonyl (C=O) groups excluding carboxylic acids is 1. The molecule has 1 atom stereocenters. The van der Waals surface area contributed by atoms with Crippen LogP contribution >= 0.6 is 11.6 Å². The minimum Gasteiger partial charge on any atom is -0.461 e. The molecule has 0 fully saturated rings. The number of carbonyl (C=O) groups is 1. The van der Waals surface area contributed by atoms with Gasteiger partial charge in [0.1, 0.15) is 11.5 Å². The summed E-state index contributed by atoms with van der Waals surface area (Å²) in [5.74, 6) is -1.27. The van der Waals surface area contributed by atoms with Crippen LogP contribution in [0.1, 0.15) is 23.0 Å². The number of aromatic nitrogens is 3. The van der Waals surface area contributed by atoms with Gasteiger partial charge in [0.25, 0.3) is 0 Å². The molecule has 0 amide bonds. The van der Waals surface area contributed by atoms with E-state index in [-0.39, 0.29) is 17.8 Å². The lowest BCUT2D eigenvalue weighted by molar-refractivity contribution is -0.271. The number of fused-ring (bicyclic) bond motifs is 2. The quantitative estimate of drug-likeness (QED) is 0.198. The second-order valence-corrected chi connectivity index (χ2v) is 9.14. The average Bonchev–Trinajstić information content (AvgIpc) is 3.45. The van der Waals surface area contributed by atoms with Crippen LogP contribution in [0.5, 0.6) is 0 Å². The molecule has 11 heteroatoms.